The van der Waals surface area contributed by atoms with Gasteiger partial charge in [-0.25, -0.2) is 4.98 Å². The minimum Gasteiger partial charge on any atom is -0.327 e. The molecule has 1 aliphatic heterocycles. The molecule has 20 heavy (non-hydrogen) atoms. The second-order valence-electron chi connectivity index (χ2n) is 5.30. The molecule has 0 saturated carbocycles. The van der Waals surface area contributed by atoms with Gasteiger partial charge in [0.2, 0.25) is 0 Å². The molecule has 1 aliphatic rings. The number of likely N-dealkylation sites (tertiary alicyclic amines) is 1. The summed E-state index contributed by atoms with van der Waals surface area (Å²) in [4.78, 5) is 18.9. The molecule has 0 aliphatic carbocycles. The molecule has 2 N–H and O–H groups in total. The average molecular weight is 337 g/mol. The molecule has 0 spiro atoms. The summed E-state index contributed by atoms with van der Waals surface area (Å²) in [6, 6.07) is 5.58. The SMILES string of the molecule is N[C@@H]1CCCN(Cc2cc(=O)n3cc(Br)ccc3n2)C1. The highest BCUT2D eigenvalue weighted by Gasteiger charge is 2.17. The lowest BCUT2D eigenvalue weighted by Gasteiger charge is -2.30. The number of hydrogen-bond acceptors (Lipinski definition) is 4. The zero-order chi connectivity index (χ0) is 14.1. The summed E-state index contributed by atoms with van der Waals surface area (Å²) in [6.07, 6.45) is 3.93. The van der Waals surface area contributed by atoms with Crippen LogP contribution in [0.1, 0.15) is 18.5 Å². The normalized spacial score (nSPS) is 20.4. The van der Waals surface area contributed by atoms with Crippen LogP contribution in [0.5, 0.6) is 0 Å². The summed E-state index contributed by atoms with van der Waals surface area (Å²) in [5.74, 6) is 0. The van der Waals surface area contributed by atoms with Crippen molar-refractivity contribution < 1.29 is 0 Å². The van der Waals surface area contributed by atoms with Gasteiger partial charge in [-0.15, -0.1) is 0 Å². The molecule has 106 valence electrons. The fourth-order valence-electron chi connectivity index (χ4n) is 2.67. The Morgan fingerprint density at radius 1 is 1.45 bits per heavy atom. The molecule has 1 atom stereocenters. The van der Waals surface area contributed by atoms with Crippen molar-refractivity contribution in [2.24, 2.45) is 5.73 Å². The standard InChI is InChI=1S/C14H17BrN4O/c15-10-3-4-13-17-12(6-14(20)19(13)7-10)9-18-5-1-2-11(16)8-18/h3-4,6-7,11H,1-2,5,8-9,16H2/t11-/m1/s1. The molecule has 0 bridgehead atoms. The van der Waals surface area contributed by atoms with Crippen LogP contribution in [0, 0.1) is 0 Å². The molecular formula is C14H17BrN4O. The Kier molecular flexibility index (Phi) is 3.87. The maximum absolute atomic E-state index is 12.1. The maximum atomic E-state index is 12.1. The Balaban J connectivity index is 1.89. The predicted molar refractivity (Wildman–Crippen MR) is 81.6 cm³/mol. The molecule has 3 rings (SSSR count). The van der Waals surface area contributed by atoms with Gasteiger partial charge in [0.15, 0.2) is 0 Å². The van der Waals surface area contributed by atoms with E-state index >= 15 is 0 Å². The van der Waals surface area contributed by atoms with Gasteiger partial charge in [-0.2, -0.15) is 0 Å². The van der Waals surface area contributed by atoms with Gasteiger partial charge in [-0.1, -0.05) is 0 Å². The van der Waals surface area contributed by atoms with Crippen LogP contribution in [0.3, 0.4) is 0 Å². The van der Waals surface area contributed by atoms with Gasteiger partial charge in [0.1, 0.15) is 5.65 Å². The van der Waals surface area contributed by atoms with Gasteiger partial charge in [0, 0.05) is 35.9 Å². The molecule has 0 radical (unpaired) electrons. The van der Waals surface area contributed by atoms with E-state index in [-0.39, 0.29) is 11.6 Å². The number of piperidine rings is 1. The number of hydrogen-bond donors (Lipinski definition) is 1. The minimum atomic E-state index is -0.0485. The average Bonchev–Trinajstić information content (AvgIpc) is 2.40. The highest BCUT2D eigenvalue weighted by molar-refractivity contribution is 9.10. The summed E-state index contributed by atoms with van der Waals surface area (Å²) >= 11 is 3.36. The number of rotatable bonds is 2. The van der Waals surface area contributed by atoms with Crippen LogP contribution in [0.4, 0.5) is 0 Å². The van der Waals surface area contributed by atoms with Crippen LogP contribution >= 0.6 is 15.9 Å². The van der Waals surface area contributed by atoms with E-state index in [0.717, 1.165) is 36.1 Å². The molecule has 0 aromatic carbocycles. The van der Waals surface area contributed by atoms with Crippen LogP contribution < -0.4 is 11.3 Å². The molecule has 2 aromatic heterocycles. The van der Waals surface area contributed by atoms with E-state index < -0.39 is 0 Å². The molecule has 2 aromatic rings. The van der Waals surface area contributed by atoms with E-state index in [0.29, 0.717) is 12.2 Å². The summed E-state index contributed by atoms with van der Waals surface area (Å²) in [6.45, 7) is 2.59. The van der Waals surface area contributed by atoms with Gasteiger partial charge in [0.05, 0.1) is 5.69 Å². The Hall–Kier alpha value is -1.24. The van der Waals surface area contributed by atoms with Crippen molar-refractivity contribution in [3.63, 3.8) is 0 Å². The number of fused-ring (bicyclic) bond motifs is 1. The quantitative estimate of drug-likeness (QED) is 0.899. The number of nitrogens with zero attached hydrogens (tertiary/aromatic N) is 3. The first-order valence-corrected chi connectivity index (χ1v) is 7.57. The molecular weight excluding hydrogens is 320 g/mol. The summed E-state index contributed by atoms with van der Waals surface area (Å²) < 4.78 is 2.42. The lowest BCUT2D eigenvalue weighted by Crippen LogP contribution is -2.42. The zero-order valence-electron chi connectivity index (χ0n) is 11.1. The first-order valence-electron chi connectivity index (χ1n) is 6.77. The molecule has 5 nitrogen and oxygen atoms in total. The third-order valence-corrected chi connectivity index (χ3v) is 4.07. The van der Waals surface area contributed by atoms with E-state index in [1.165, 1.54) is 0 Å². The second kappa shape index (κ2) is 5.63. The largest absolute Gasteiger partial charge is 0.327 e. The van der Waals surface area contributed by atoms with E-state index in [2.05, 4.69) is 25.8 Å². The number of nitrogens with two attached hydrogens (primary N) is 1. The van der Waals surface area contributed by atoms with Gasteiger partial charge in [-0.05, 0) is 47.4 Å². The molecule has 1 saturated heterocycles. The summed E-state index contributed by atoms with van der Waals surface area (Å²) in [5.41, 5.74) is 7.42. The lowest BCUT2D eigenvalue weighted by molar-refractivity contribution is 0.199. The third kappa shape index (κ3) is 2.92. The van der Waals surface area contributed by atoms with Crippen molar-refractivity contribution in [3.8, 4) is 0 Å². The predicted octanol–water partition coefficient (Wildman–Crippen LogP) is 1.38. The Labute approximate surface area is 125 Å². The van der Waals surface area contributed by atoms with Gasteiger partial charge >= 0.3 is 0 Å². The smallest absolute Gasteiger partial charge is 0.258 e. The molecule has 6 heteroatoms. The molecule has 0 amide bonds. The number of halogens is 1. The van der Waals surface area contributed by atoms with Crippen molar-refractivity contribution in [3.05, 3.63) is 44.9 Å². The Morgan fingerprint density at radius 3 is 3.10 bits per heavy atom. The summed E-state index contributed by atoms with van der Waals surface area (Å²) in [7, 11) is 0. The maximum Gasteiger partial charge on any atom is 0.258 e. The van der Waals surface area contributed by atoms with Gasteiger partial charge in [-0.3, -0.25) is 14.1 Å². The first kappa shape index (κ1) is 13.7. The minimum absolute atomic E-state index is 0.0485. The van der Waals surface area contributed by atoms with Crippen molar-refractivity contribution in [2.45, 2.75) is 25.4 Å². The monoisotopic (exact) mass is 336 g/mol. The highest BCUT2D eigenvalue weighted by atomic mass is 79.9. The van der Waals surface area contributed by atoms with Crippen molar-refractivity contribution in [1.29, 1.82) is 0 Å². The van der Waals surface area contributed by atoms with Crippen molar-refractivity contribution in [2.75, 3.05) is 13.1 Å². The van der Waals surface area contributed by atoms with Crippen molar-refractivity contribution >= 4 is 21.6 Å². The highest BCUT2D eigenvalue weighted by Crippen LogP contribution is 2.13. The third-order valence-electron chi connectivity index (χ3n) is 3.60. The fourth-order valence-corrected chi connectivity index (χ4v) is 3.01. The lowest BCUT2D eigenvalue weighted by atomic mass is 10.1. The van der Waals surface area contributed by atoms with Crippen LogP contribution in [0.25, 0.3) is 5.65 Å². The second-order valence-corrected chi connectivity index (χ2v) is 6.21. The number of pyridine rings is 1. The topological polar surface area (TPSA) is 63.6 Å². The van der Waals surface area contributed by atoms with Gasteiger partial charge < -0.3 is 5.73 Å². The molecule has 0 unspecified atom stereocenters. The van der Waals surface area contributed by atoms with E-state index in [9.17, 15) is 4.79 Å². The van der Waals surface area contributed by atoms with E-state index in [1.807, 2.05) is 12.1 Å². The van der Waals surface area contributed by atoms with Crippen LogP contribution in [0.2, 0.25) is 0 Å². The Bertz CT molecular complexity index is 684. The van der Waals surface area contributed by atoms with Crippen LogP contribution in [-0.2, 0) is 6.54 Å². The molecule has 1 fully saturated rings. The summed E-state index contributed by atoms with van der Waals surface area (Å²) in [5, 5.41) is 0. The fraction of sp³-hybridized carbons (Fsp3) is 0.429. The zero-order valence-corrected chi connectivity index (χ0v) is 12.7. The Morgan fingerprint density at radius 2 is 2.30 bits per heavy atom. The van der Waals surface area contributed by atoms with E-state index in [4.69, 9.17) is 5.73 Å². The first-order chi connectivity index (χ1) is 9.61. The number of aromatic nitrogens is 2. The van der Waals surface area contributed by atoms with Gasteiger partial charge in [0.25, 0.3) is 5.56 Å². The molecule has 3 heterocycles. The van der Waals surface area contributed by atoms with Crippen molar-refractivity contribution in [1.82, 2.24) is 14.3 Å². The van der Waals surface area contributed by atoms with Crippen LogP contribution in [0.15, 0.2) is 33.7 Å². The van der Waals surface area contributed by atoms with Crippen LogP contribution in [-0.4, -0.2) is 33.4 Å². The van der Waals surface area contributed by atoms with E-state index in [1.54, 1.807) is 16.7 Å².